The molecule has 3 rings (SSSR count). The molecule has 2 aromatic carbocycles. The Labute approximate surface area is 199 Å². The van der Waals surface area contributed by atoms with Crippen LogP contribution in [0.1, 0.15) is 50.2 Å². The number of nitrogens with one attached hydrogen (secondary N) is 1. The lowest BCUT2D eigenvalue weighted by molar-refractivity contribution is -0.142. The van der Waals surface area contributed by atoms with Crippen LogP contribution < -0.4 is 10.1 Å². The number of carbonyl (C=O) groups is 2. The van der Waals surface area contributed by atoms with Crippen LogP contribution in [0.2, 0.25) is 0 Å². The number of amides is 2. The molecule has 0 aromatic heterocycles. The van der Waals surface area contributed by atoms with Gasteiger partial charge in [-0.2, -0.15) is 0 Å². The Kier molecular flexibility index (Phi) is 9.15. The highest BCUT2D eigenvalue weighted by Crippen LogP contribution is 2.22. The monoisotopic (exact) mass is 500 g/mol. The number of ether oxygens (including phenoxy) is 1. The Morgan fingerprint density at radius 1 is 1.16 bits per heavy atom. The summed E-state index contributed by atoms with van der Waals surface area (Å²) in [5, 5.41) is 3.17. The van der Waals surface area contributed by atoms with Crippen LogP contribution in [0.3, 0.4) is 0 Å². The summed E-state index contributed by atoms with van der Waals surface area (Å²) in [7, 11) is 0. The summed E-state index contributed by atoms with van der Waals surface area (Å²) in [6.07, 6.45) is 5.60. The third kappa shape index (κ3) is 6.83. The van der Waals surface area contributed by atoms with Crippen LogP contribution in [-0.2, 0) is 16.0 Å². The topological polar surface area (TPSA) is 58.6 Å². The second-order valence-corrected chi connectivity index (χ2v) is 9.29. The second-order valence-electron chi connectivity index (χ2n) is 8.44. The zero-order chi connectivity index (χ0) is 22.9. The third-order valence-electron chi connectivity index (χ3n) is 6.06. The molecular weight excluding hydrogens is 468 g/mol. The van der Waals surface area contributed by atoms with Crippen molar-refractivity contribution in [2.45, 2.75) is 64.5 Å². The normalized spacial score (nSPS) is 14.7. The number of hydrogen-bond acceptors (Lipinski definition) is 3. The lowest BCUT2D eigenvalue weighted by Gasteiger charge is -2.31. The van der Waals surface area contributed by atoms with Crippen molar-refractivity contribution in [1.29, 1.82) is 0 Å². The van der Waals surface area contributed by atoms with Gasteiger partial charge in [-0.1, -0.05) is 66.0 Å². The molecule has 0 aliphatic heterocycles. The average molecular weight is 501 g/mol. The van der Waals surface area contributed by atoms with Gasteiger partial charge in [-0.3, -0.25) is 9.59 Å². The Morgan fingerprint density at radius 2 is 1.88 bits per heavy atom. The molecule has 1 saturated carbocycles. The molecule has 1 fully saturated rings. The fraction of sp³-hybridized carbons (Fsp3) is 0.462. The van der Waals surface area contributed by atoms with Crippen LogP contribution >= 0.6 is 15.9 Å². The SMILES string of the molecule is CC[C@@H](C(=O)NC1CCCC1)N(CCc1ccccc1)C(=O)COc1ccc(Br)c(C)c1. The predicted octanol–water partition coefficient (Wildman–Crippen LogP) is 5.05. The first-order chi connectivity index (χ1) is 15.5. The van der Waals surface area contributed by atoms with Crippen molar-refractivity contribution in [2.75, 3.05) is 13.2 Å². The molecule has 172 valence electrons. The van der Waals surface area contributed by atoms with Crippen LogP contribution in [0.5, 0.6) is 5.75 Å². The molecule has 0 heterocycles. The minimum atomic E-state index is -0.498. The van der Waals surface area contributed by atoms with Crippen molar-refractivity contribution in [3.8, 4) is 5.75 Å². The van der Waals surface area contributed by atoms with Crippen molar-refractivity contribution in [3.63, 3.8) is 0 Å². The Hall–Kier alpha value is -2.34. The van der Waals surface area contributed by atoms with Gasteiger partial charge in [0.1, 0.15) is 11.8 Å². The molecule has 5 nitrogen and oxygen atoms in total. The number of benzene rings is 2. The fourth-order valence-electron chi connectivity index (χ4n) is 4.20. The van der Waals surface area contributed by atoms with Crippen LogP contribution in [0, 0.1) is 6.92 Å². The van der Waals surface area contributed by atoms with Crippen LogP contribution in [0.25, 0.3) is 0 Å². The lowest BCUT2D eigenvalue weighted by atomic mass is 10.1. The van der Waals surface area contributed by atoms with Gasteiger partial charge in [-0.15, -0.1) is 0 Å². The van der Waals surface area contributed by atoms with Gasteiger partial charge in [0.2, 0.25) is 5.91 Å². The minimum Gasteiger partial charge on any atom is -0.484 e. The number of rotatable bonds is 10. The molecule has 1 aliphatic carbocycles. The maximum atomic E-state index is 13.2. The van der Waals surface area contributed by atoms with E-state index < -0.39 is 6.04 Å². The number of aryl methyl sites for hydroxylation is 1. The van der Waals surface area contributed by atoms with E-state index in [1.54, 1.807) is 4.90 Å². The number of carbonyl (C=O) groups excluding carboxylic acids is 2. The van der Waals surface area contributed by atoms with Crippen molar-refractivity contribution < 1.29 is 14.3 Å². The fourth-order valence-corrected chi connectivity index (χ4v) is 4.45. The number of nitrogens with zero attached hydrogens (tertiary/aromatic N) is 1. The van der Waals surface area contributed by atoms with E-state index in [1.807, 2.05) is 62.4 Å². The van der Waals surface area contributed by atoms with E-state index in [2.05, 4.69) is 21.2 Å². The summed E-state index contributed by atoms with van der Waals surface area (Å²) in [5.74, 6) is 0.417. The van der Waals surface area contributed by atoms with Crippen LogP contribution in [-0.4, -0.2) is 41.9 Å². The van der Waals surface area contributed by atoms with Crippen molar-refractivity contribution in [3.05, 3.63) is 64.1 Å². The molecule has 0 spiro atoms. The summed E-state index contributed by atoms with van der Waals surface area (Å²) in [5.41, 5.74) is 2.18. The first-order valence-electron chi connectivity index (χ1n) is 11.5. The van der Waals surface area contributed by atoms with Gasteiger partial charge in [0.15, 0.2) is 6.61 Å². The van der Waals surface area contributed by atoms with E-state index in [4.69, 9.17) is 4.74 Å². The quantitative estimate of drug-likeness (QED) is 0.496. The van der Waals surface area contributed by atoms with E-state index >= 15 is 0 Å². The van der Waals surface area contributed by atoms with Gasteiger partial charge in [-0.25, -0.2) is 0 Å². The molecular formula is C26H33BrN2O3. The minimum absolute atomic E-state index is 0.0553. The lowest BCUT2D eigenvalue weighted by Crippen LogP contribution is -2.52. The maximum Gasteiger partial charge on any atom is 0.261 e. The van der Waals surface area contributed by atoms with Gasteiger partial charge in [0.05, 0.1) is 0 Å². The Morgan fingerprint density at radius 3 is 2.53 bits per heavy atom. The van der Waals surface area contributed by atoms with Gasteiger partial charge in [-0.05, 0) is 61.9 Å². The standard InChI is InChI=1S/C26H33BrN2O3/c1-3-24(26(31)28-21-11-7-8-12-21)29(16-15-20-9-5-4-6-10-20)25(30)18-32-22-13-14-23(27)19(2)17-22/h4-6,9-10,13-14,17,21,24H,3,7-8,11-12,15-16,18H2,1-2H3,(H,28,31)/t24-/m0/s1. The van der Waals surface area contributed by atoms with E-state index in [1.165, 1.54) is 0 Å². The largest absolute Gasteiger partial charge is 0.484 e. The molecule has 0 saturated heterocycles. The Balaban J connectivity index is 1.70. The molecule has 0 radical (unpaired) electrons. The number of halogens is 1. The van der Waals surface area contributed by atoms with Crippen LogP contribution in [0.15, 0.2) is 53.0 Å². The number of hydrogen-bond donors (Lipinski definition) is 1. The smallest absolute Gasteiger partial charge is 0.261 e. The highest BCUT2D eigenvalue weighted by molar-refractivity contribution is 9.10. The zero-order valence-corrected chi connectivity index (χ0v) is 20.6. The Bertz CT molecular complexity index is 897. The molecule has 1 aliphatic rings. The summed E-state index contributed by atoms with van der Waals surface area (Å²) < 4.78 is 6.80. The third-order valence-corrected chi connectivity index (χ3v) is 6.95. The predicted molar refractivity (Wildman–Crippen MR) is 131 cm³/mol. The van der Waals surface area contributed by atoms with E-state index in [0.29, 0.717) is 25.1 Å². The highest BCUT2D eigenvalue weighted by atomic mass is 79.9. The van der Waals surface area contributed by atoms with E-state index in [0.717, 1.165) is 41.3 Å². The average Bonchev–Trinajstić information content (AvgIpc) is 3.30. The van der Waals surface area contributed by atoms with Gasteiger partial charge >= 0.3 is 0 Å². The molecule has 1 N–H and O–H groups in total. The molecule has 2 aromatic rings. The second kappa shape index (κ2) is 12.0. The van der Waals surface area contributed by atoms with Gasteiger partial charge in [0, 0.05) is 17.1 Å². The molecule has 1 atom stereocenters. The van der Waals surface area contributed by atoms with Gasteiger partial charge < -0.3 is 15.0 Å². The molecule has 0 bridgehead atoms. The van der Waals surface area contributed by atoms with E-state index in [9.17, 15) is 9.59 Å². The highest BCUT2D eigenvalue weighted by Gasteiger charge is 2.30. The van der Waals surface area contributed by atoms with Crippen molar-refractivity contribution >= 4 is 27.7 Å². The van der Waals surface area contributed by atoms with Crippen molar-refractivity contribution in [1.82, 2.24) is 10.2 Å². The molecule has 6 heteroatoms. The summed E-state index contributed by atoms with van der Waals surface area (Å²) in [6, 6.07) is 15.4. The van der Waals surface area contributed by atoms with Crippen LogP contribution in [0.4, 0.5) is 0 Å². The molecule has 32 heavy (non-hydrogen) atoms. The summed E-state index contributed by atoms with van der Waals surface area (Å²) >= 11 is 3.48. The van der Waals surface area contributed by atoms with E-state index in [-0.39, 0.29) is 24.5 Å². The van der Waals surface area contributed by atoms with Gasteiger partial charge in [0.25, 0.3) is 5.91 Å². The van der Waals surface area contributed by atoms with Crippen molar-refractivity contribution in [2.24, 2.45) is 0 Å². The molecule has 2 amide bonds. The zero-order valence-electron chi connectivity index (χ0n) is 19.0. The molecule has 0 unspecified atom stereocenters. The first kappa shape index (κ1) is 24.3. The summed E-state index contributed by atoms with van der Waals surface area (Å²) in [6.45, 7) is 4.32. The maximum absolute atomic E-state index is 13.2. The first-order valence-corrected chi connectivity index (χ1v) is 12.3. The summed E-state index contributed by atoms with van der Waals surface area (Å²) in [4.78, 5) is 28.0.